The monoisotopic (exact) mass is 248 g/mol. The van der Waals surface area contributed by atoms with E-state index in [2.05, 4.69) is 26.1 Å². The molecule has 0 unspecified atom stereocenters. The molecule has 0 fully saturated rings. The first-order valence-corrected chi connectivity index (χ1v) is 4.34. The molecule has 0 bridgehead atoms. The fraction of sp³-hybridized carbons (Fsp3) is 0. The molecule has 0 aliphatic heterocycles. The molecular formula is C7H3BrClFN2. The Balaban J connectivity index is 2.87. The molecule has 2 aromatic rings. The van der Waals surface area contributed by atoms with E-state index in [-0.39, 0.29) is 5.02 Å². The summed E-state index contributed by atoms with van der Waals surface area (Å²) in [6, 6.07) is 2.82. The van der Waals surface area contributed by atoms with Gasteiger partial charge in [-0.3, -0.25) is 5.10 Å². The fourth-order valence-electron chi connectivity index (χ4n) is 0.974. The molecule has 0 saturated carbocycles. The number of nitrogens with one attached hydrogen (secondary N) is 1. The van der Waals surface area contributed by atoms with Crippen LogP contribution in [-0.4, -0.2) is 10.2 Å². The zero-order valence-corrected chi connectivity index (χ0v) is 8.08. The summed E-state index contributed by atoms with van der Waals surface area (Å²) in [4.78, 5) is 0. The van der Waals surface area contributed by atoms with E-state index in [1.807, 2.05) is 0 Å². The van der Waals surface area contributed by atoms with Crippen molar-refractivity contribution in [3.63, 3.8) is 0 Å². The number of rotatable bonds is 0. The van der Waals surface area contributed by atoms with Crippen LogP contribution in [0.5, 0.6) is 0 Å². The second-order valence-corrected chi connectivity index (χ2v) is 3.52. The van der Waals surface area contributed by atoms with Crippen molar-refractivity contribution < 1.29 is 4.39 Å². The van der Waals surface area contributed by atoms with Crippen LogP contribution < -0.4 is 0 Å². The minimum absolute atomic E-state index is 0.0847. The number of aromatic amines is 1. The Morgan fingerprint density at radius 3 is 3.00 bits per heavy atom. The van der Waals surface area contributed by atoms with Crippen LogP contribution in [0.15, 0.2) is 16.7 Å². The van der Waals surface area contributed by atoms with Gasteiger partial charge in [-0.05, 0) is 28.1 Å². The van der Waals surface area contributed by atoms with Crippen LogP contribution in [0.25, 0.3) is 10.9 Å². The SMILES string of the molecule is Fc1cc2c(Br)[nH]nc2cc1Cl. The molecule has 12 heavy (non-hydrogen) atoms. The Morgan fingerprint density at radius 2 is 2.25 bits per heavy atom. The zero-order valence-electron chi connectivity index (χ0n) is 5.74. The minimum Gasteiger partial charge on any atom is -0.270 e. The highest BCUT2D eigenvalue weighted by molar-refractivity contribution is 9.10. The minimum atomic E-state index is -0.439. The summed E-state index contributed by atoms with van der Waals surface area (Å²) in [6.07, 6.45) is 0. The van der Waals surface area contributed by atoms with E-state index in [4.69, 9.17) is 11.6 Å². The van der Waals surface area contributed by atoms with Gasteiger partial charge in [0.25, 0.3) is 0 Å². The van der Waals surface area contributed by atoms with Crippen molar-refractivity contribution >= 4 is 38.4 Å². The topological polar surface area (TPSA) is 28.7 Å². The number of hydrogen-bond acceptors (Lipinski definition) is 1. The average Bonchev–Trinajstić information content (AvgIpc) is 2.35. The highest BCUT2D eigenvalue weighted by atomic mass is 79.9. The number of aromatic nitrogens is 2. The van der Waals surface area contributed by atoms with Crippen molar-refractivity contribution in [1.29, 1.82) is 0 Å². The molecule has 0 saturated heterocycles. The maximum absolute atomic E-state index is 12.9. The lowest BCUT2D eigenvalue weighted by Gasteiger charge is -1.92. The molecule has 1 heterocycles. The molecule has 1 N–H and O–H groups in total. The quantitative estimate of drug-likeness (QED) is 0.763. The van der Waals surface area contributed by atoms with Crippen molar-refractivity contribution in [1.82, 2.24) is 10.2 Å². The third kappa shape index (κ3) is 1.11. The lowest BCUT2D eigenvalue weighted by molar-refractivity contribution is 0.630. The summed E-state index contributed by atoms with van der Waals surface area (Å²) in [6.45, 7) is 0. The van der Waals surface area contributed by atoms with E-state index in [1.165, 1.54) is 12.1 Å². The molecule has 1 aromatic carbocycles. The molecule has 5 heteroatoms. The molecule has 0 spiro atoms. The third-order valence-corrected chi connectivity index (χ3v) is 2.44. The number of fused-ring (bicyclic) bond motifs is 1. The second-order valence-electron chi connectivity index (χ2n) is 2.32. The maximum Gasteiger partial charge on any atom is 0.142 e. The van der Waals surface area contributed by atoms with Gasteiger partial charge in [0.05, 0.1) is 10.5 Å². The molecule has 0 atom stereocenters. The highest BCUT2D eigenvalue weighted by Crippen LogP contribution is 2.26. The molecular weight excluding hydrogens is 246 g/mol. The Morgan fingerprint density at radius 1 is 1.50 bits per heavy atom. The standard InChI is InChI=1S/C7H3BrClFN2/c8-7-3-1-5(10)4(9)2-6(3)11-12-7/h1-2H,(H,11,12). The first-order valence-electron chi connectivity index (χ1n) is 3.17. The van der Waals surface area contributed by atoms with Gasteiger partial charge in [0.15, 0.2) is 0 Å². The van der Waals surface area contributed by atoms with Crippen molar-refractivity contribution in [2.45, 2.75) is 0 Å². The van der Waals surface area contributed by atoms with Gasteiger partial charge >= 0.3 is 0 Å². The van der Waals surface area contributed by atoms with Gasteiger partial charge in [-0.15, -0.1) is 0 Å². The van der Waals surface area contributed by atoms with Crippen LogP contribution in [0.3, 0.4) is 0 Å². The van der Waals surface area contributed by atoms with Gasteiger partial charge in [-0.25, -0.2) is 4.39 Å². The van der Waals surface area contributed by atoms with Crippen LogP contribution in [0.4, 0.5) is 4.39 Å². The molecule has 0 aliphatic carbocycles. The number of H-pyrrole nitrogens is 1. The molecule has 0 radical (unpaired) electrons. The molecule has 1 aromatic heterocycles. The lowest BCUT2D eigenvalue weighted by Crippen LogP contribution is -1.76. The van der Waals surface area contributed by atoms with Crippen molar-refractivity contribution in [3.05, 3.63) is 27.6 Å². The van der Waals surface area contributed by atoms with Crippen LogP contribution in [-0.2, 0) is 0 Å². The molecule has 62 valence electrons. The highest BCUT2D eigenvalue weighted by Gasteiger charge is 2.06. The Kier molecular flexibility index (Phi) is 1.81. The lowest BCUT2D eigenvalue weighted by atomic mass is 10.2. The number of nitrogens with zero attached hydrogens (tertiary/aromatic N) is 1. The smallest absolute Gasteiger partial charge is 0.142 e. The van der Waals surface area contributed by atoms with E-state index in [1.54, 1.807) is 0 Å². The Bertz CT molecular complexity index is 440. The largest absolute Gasteiger partial charge is 0.270 e. The second kappa shape index (κ2) is 2.71. The van der Waals surface area contributed by atoms with Crippen LogP contribution in [0.2, 0.25) is 5.02 Å². The van der Waals surface area contributed by atoms with Crippen LogP contribution >= 0.6 is 27.5 Å². The Hall–Kier alpha value is -0.610. The predicted molar refractivity (Wildman–Crippen MR) is 48.8 cm³/mol. The molecule has 0 aliphatic rings. The molecule has 2 rings (SSSR count). The zero-order chi connectivity index (χ0) is 8.72. The summed E-state index contributed by atoms with van der Waals surface area (Å²) >= 11 is 8.75. The van der Waals surface area contributed by atoms with E-state index in [9.17, 15) is 4.39 Å². The van der Waals surface area contributed by atoms with Gasteiger partial charge in [-0.2, -0.15) is 5.10 Å². The predicted octanol–water partition coefficient (Wildman–Crippen LogP) is 3.12. The van der Waals surface area contributed by atoms with E-state index < -0.39 is 5.82 Å². The number of benzene rings is 1. The summed E-state index contributed by atoms with van der Waals surface area (Å²) < 4.78 is 13.6. The van der Waals surface area contributed by atoms with Crippen molar-refractivity contribution in [2.75, 3.05) is 0 Å². The van der Waals surface area contributed by atoms with E-state index >= 15 is 0 Å². The summed E-state index contributed by atoms with van der Waals surface area (Å²) in [5, 5.41) is 7.35. The van der Waals surface area contributed by atoms with Crippen LogP contribution in [0.1, 0.15) is 0 Å². The van der Waals surface area contributed by atoms with Crippen LogP contribution in [0, 0.1) is 5.82 Å². The number of halogens is 3. The van der Waals surface area contributed by atoms with Gasteiger partial charge in [0.1, 0.15) is 10.4 Å². The van der Waals surface area contributed by atoms with Gasteiger partial charge in [0.2, 0.25) is 0 Å². The summed E-state index contributed by atoms with van der Waals surface area (Å²) in [5.74, 6) is -0.439. The van der Waals surface area contributed by atoms with Gasteiger partial charge in [0, 0.05) is 5.39 Å². The van der Waals surface area contributed by atoms with Crippen molar-refractivity contribution in [2.24, 2.45) is 0 Å². The first-order chi connectivity index (χ1) is 5.68. The third-order valence-electron chi connectivity index (χ3n) is 1.55. The van der Waals surface area contributed by atoms with Crippen molar-refractivity contribution in [3.8, 4) is 0 Å². The molecule has 2 nitrogen and oxygen atoms in total. The Labute approximate surface area is 80.8 Å². The first kappa shape index (κ1) is 8.01. The summed E-state index contributed by atoms with van der Waals surface area (Å²) in [7, 11) is 0. The van der Waals surface area contributed by atoms with Gasteiger partial charge in [-0.1, -0.05) is 11.6 Å². The normalized spacial score (nSPS) is 10.9. The van der Waals surface area contributed by atoms with Gasteiger partial charge < -0.3 is 0 Å². The average molecular weight is 249 g/mol. The number of hydrogen-bond donors (Lipinski definition) is 1. The van der Waals surface area contributed by atoms with E-state index in [0.29, 0.717) is 15.5 Å². The van der Waals surface area contributed by atoms with E-state index in [0.717, 1.165) is 0 Å². The summed E-state index contributed by atoms with van der Waals surface area (Å²) in [5.41, 5.74) is 0.647. The fourth-order valence-corrected chi connectivity index (χ4v) is 1.54. The molecule has 0 amide bonds. The maximum atomic E-state index is 12.9.